The minimum absolute atomic E-state index is 0.250. The Balaban J connectivity index is 1.43. The Kier molecular flexibility index (Phi) is 6.70. The van der Waals surface area contributed by atoms with Crippen LogP contribution < -0.4 is 10.1 Å². The Morgan fingerprint density at radius 1 is 1.09 bits per heavy atom. The van der Waals surface area contributed by atoms with Crippen LogP contribution in [0.1, 0.15) is 59.8 Å². The molecule has 2 aromatic carbocycles. The lowest BCUT2D eigenvalue weighted by Crippen LogP contribution is -2.22. The van der Waals surface area contributed by atoms with Gasteiger partial charge in [-0.3, -0.25) is 4.79 Å². The second kappa shape index (κ2) is 10.2. The number of nitrogens with one attached hydrogen (secondary N) is 1. The summed E-state index contributed by atoms with van der Waals surface area (Å²) in [6.07, 6.45) is 7.92. The second-order valence-corrected chi connectivity index (χ2v) is 9.21. The predicted octanol–water partition coefficient (Wildman–Crippen LogP) is 6.56. The van der Waals surface area contributed by atoms with Gasteiger partial charge in [-0.05, 0) is 49.6 Å². The third-order valence-corrected chi connectivity index (χ3v) is 6.74. The van der Waals surface area contributed by atoms with Gasteiger partial charge in [0.1, 0.15) is 11.4 Å². The first-order chi connectivity index (χ1) is 17.1. The smallest absolute Gasteiger partial charge is 0.287 e. The van der Waals surface area contributed by atoms with Crippen molar-refractivity contribution in [1.82, 2.24) is 14.9 Å². The molecule has 6 nitrogen and oxygen atoms in total. The molecule has 2 aromatic heterocycles. The molecule has 180 valence electrons. The number of amides is 1. The van der Waals surface area contributed by atoms with E-state index in [1.807, 2.05) is 36.7 Å². The fourth-order valence-corrected chi connectivity index (χ4v) is 4.80. The first-order valence-corrected chi connectivity index (χ1v) is 12.3. The molecule has 1 aliphatic rings. The standard InChI is InChI=1S/C29H31N3O3/c1-20-11-13-22(14-12-20)27-28(32(19-31-27)23-8-4-3-5-9-23)25-15-16-26(35-25)29(33)30-18-21-7-6-10-24(17-21)34-2/h6-7,10-17,19,23H,3-5,8-9,18H2,1-2H3,(H,30,33). The van der Waals surface area contributed by atoms with Crippen LogP contribution in [0.25, 0.3) is 22.7 Å². The molecule has 0 unspecified atom stereocenters. The summed E-state index contributed by atoms with van der Waals surface area (Å²) in [5.41, 5.74) is 5.03. The van der Waals surface area contributed by atoms with E-state index in [-0.39, 0.29) is 11.7 Å². The van der Waals surface area contributed by atoms with Gasteiger partial charge >= 0.3 is 0 Å². The number of carbonyl (C=O) groups is 1. The molecule has 0 spiro atoms. The van der Waals surface area contributed by atoms with Crippen LogP contribution in [0.15, 0.2) is 71.4 Å². The predicted molar refractivity (Wildman–Crippen MR) is 136 cm³/mol. The van der Waals surface area contributed by atoms with Crippen LogP contribution in [0, 0.1) is 6.92 Å². The van der Waals surface area contributed by atoms with Gasteiger partial charge in [-0.25, -0.2) is 4.98 Å². The van der Waals surface area contributed by atoms with Gasteiger partial charge in [0, 0.05) is 18.2 Å². The number of hydrogen-bond acceptors (Lipinski definition) is 4. The van der Waals surface area contributed by atoms with Crippen LogP contribution in [0.2, 0.25) is 0 Å². The van der Waals surface area contributed by atoms with Crippen molar-refractivity contribution in [2.45, 2.75) is 51.6 Å². The molecule has 1 saturated carbocycles. The summed E-state index contributed by atoms with van der Waals surface area (Å²) in [5.74, 6) is 1.46. The average Bonchev–Trinajstić information content (AvgIpc) is 3.56. The molecule has 1 N–H and O–H groups in total. The quantitative estimate of drug-likeness (QED) is 0.333. The molecule has 2 heterocycles. The first-order valence-electron chi connectivity index (χ1n) is 12.3. The fraction of sp³-hybridized carbons (Fsp3) is 0.310. The van der Waals surface area contributed by atoms with Crippen molar-refractivity contribution in [1.29, 1.82) is 0 Å². The molecule has 0 saturated heterocycles. The molecule has 0 bridgehead atoms. The molecule has 0 radical (unpaired) electrons. The van der Waals surface area contributed by atoms with E-state index in [2.05, 4.69) is 41.1 Å². The summed E-state index contributed by atoms with van der Waals surface area (Å²) < 4.78 is 13.7. The lowest BCUT2D eigenvalue weighted by Gasteiger charge is -2.24. The van der Waals surface area contributed by atoms with Crippen molar-refractivity contribution >= 4 is 5.91 Å². The molecular weight excluding hydrogens is 438 g/mol. The van der Waals surface area contributed by atoms with Crippen LogP contribution in [-0.4, -0.2) is 22.6 Å². The number of rotatable bonds is 7. The molecule has 6 heteroatoms. The second-order valence-electron chi connectivity index (χ2n) is 9.21. The number of aryl methyl sites for hydroxylation is 1. The van der Waals surface area contributed by atoms with E-state index in [9.17, 15) is 4.79 Å². The number of hydrogen-bond donors (Lipinski definition) is 1. The molecule has 0 atom stereocenters. The lowest BCUT2D eigenvalue weighted by atomic mass is 9.95. The van der Waals surface area contributed by atoms with E-state index in [1.165, 1.54) is 24.8 Å². The summed E-state index contributed by atoms with van der Waals surface area (Å²) in [5, 5.41) is 2.95. The average molecular weight is 470 g/mol. The van der Waals surface area contributed by atoms with Gasteiger partial charge in [0.05, 0.1) is 19.1 Å². The summed E-state index contributed by atoms with van der Waals surface area (Å²) in [7, 11) is 1.63. The Morgan fingerprint density at radius 2 is 1.89 bits per heavy atom. The molecule has 1 aliphatic carbocycles. The minimum atomic E-state index is -0.250. The van der Waals surface area contributed by atoms with Crippen molar-refractivity contribution in [3.63, 3.8) is 0 Å². The van der Waals surface area contributed by atoms with Gasteiger partial charge in [0.25, 0.3) is 5.91 Å². The SMILES string of the molecule is COc1cccc(CNC(=O)c2ccc(-c3c(-c4ccc(C)cc4)ncn3C3CCCCC3)o2)c1. The van der Waals surface area contributed by atoms with Crippen molar-refractivity contribution in [3.8, 4) is 28.5 Å². The van der Waals surface area contributed by atoms with Gasteiger partial charge in [0.15, 0.2) is 11.5 Å². The summed E-state index contributed by atoms with van der Waals surface area (Å²) >= 11 is 0. The Labute approximate surface area is 206 Å². The summed E-state index contributed by atoms with van der Waals surface area (Å²) in [6.45, 7) is 2.47. The number of ether oxygens (including phenoxy) is 1. The molecule has 5 rings (SSSR count). The number of imidazole rings is 1. The van der Waals surface area contributed by atoms with Crippen molar-refractivity contribution in [2.75, 3.05) is 7.11 Å². The lowest BCUT2D eigenvalue weighted by molar-refractivity contribution is 0.0924. The molecule has 1 fully saturated rings. The van der Waals surface area contributed by atoms with Gasteiger partial charge in [-0.2, -0.15) is 0 Å². The zero-order chi connectivity index (χ0) is 24.2. The first kappa shape index (κ1) is 23.0. The van der Waals surface area contributed by atoms with E-state index in [1.54, 1.807) is 13.2 Å². The Morgan fingerprint density at radius 3 is 2.66 bits per heavy atom. The topological polar surface area (TPSA) is 69.3 Å². The molecule has 1 amide bonds. The maximum absolute atomic E-state index is 12.9. The van der Waals surface area contributed by atoms with Crippen LogP contribution in [0.3, 0.4) is 0 Å². The van der Waals surface area contributed by atoms with Crippen LogP contribution >= 0.6 is 0 Å². The third kappa shape index (κ3) is 5.02. The summed E-state index contributed by atoms with van der Waals surface area (Å²) in [6, 6.07) is 20.0. The highest BCUT2D eigenvalue weighted by molar-refractivity contribution is 5.92. The number of carbonyl (C=O) groups excluding carboxylic acids is 1. The molecule has 4 aromatic rings. The minimum Gasteiger partial charge on any atom is -0.497 e. The van der Waals surface area contributed by atoms with Crippen molar-refractivity contribution in [2.24, 2.45) is 0 Å². The highest BCUT2D eigenvalue weighted by Gasteiger charge is 2.25. The van der Waals surface area contributed by atoms with Gasteiger partial charge in [-0.15, -0.1) is 0 Å². The highest BCUT2D eigenvalue weighted by Crippen LogP contribution is 2.38. The van der Waals surface area contributed by atoms with E-state index in [4.69, 9.17) is 14.1 Å². The Hall–Kier alpha value is -3.80. The highest BCUT2D eigenvalue weighted by atomic mass is 16.5. The monoisotopic (exact) mass is 469 g/mol. The van der Waals surface area contributed by atoms with Crippen LogP contribution in [0.5, 0.6) is 5.75 Å². The molecule has 0 aliphatic heterocycles. The van der Waals surface area contributed by atoms with Crippen LogP contribution in [0.4, 0.5) is 0 Å². The maximum atomic E-state index is 12.9. The van der Waals surface area contributed by atoms with E-state index in [0.29, 0.717) is 18.3 Å². The number of methoxy groups -OCH3 is 1. The molecule has 35 heavy (non-hydrogen) atoms. The normalized spacial score (nSPS) is 14.1. The molecular formula is C29H31N3O3. The number of benzene rings is 2. The zero-order valence-corrected chi connectivity index (χ0v) is 20.3. The number of furan rings is 1. The van der Waals surface area contributed by atoms with Gasteiger partial charge in [-0.1, -0.05) is 61.2 Å². The van der Waals surface area contributed by atoms with Gasteiger partial charge in [0.2, 0.25) is 0 Å². The fourth-order valence-electron chi connectivity index (χ4n) is 4.80. The number of nitrogens with zero attached hydrogens (tertiary/aromatic N) is 2. The van der Waals surface area contributed by atoms with Gasteiger partial charge < -0.3 is 19.0 Å². The van der Waals surface area contributed by atoms with E-state index < -0.39 is 0 Å². The largest absolute Gasteiger partial charge is 0.497 e. The summed E-state index contributed by atoms with van der Waals surface area (Å²) in [4.78, 5) is 17.7. The maximum Gasteiger partial charge on any atom is 0.287 e. The van der Waals surface area contributed by atoms with Crippen molar-refractivity contribution in [3.05, 3.63) is 83.9 Å². The van der Waals surface area contributed by atoms with E-state index in [0.717, 1.165) is 41.1 Å². The van der Waals surface area contributed by atoms with Crippen LogP contribution in [-0.2, 0) is 6.54 Å². The Bertz CT molecular complexity index is 1300. The zero-order valence-electron chi connectivity index (χ0n) is 20.3. The third-order valence-electron chi connectivity index (χ3n) is 6.74. The van der Waals surface area contributed by atoms with E-state index >= 15 is 0 Å². The van der Waals surface area contributed by atoms with Crippen molar-refractivity contribution < 1.29 is 13.9 Å². The number of aromatic nitrogens is 2.